The molecule has 0 radical (unpaired) electrons. The SMILES string of the molecule is CN(C)C(=O)C[n+]1ccccc1. The van der Waals surface area contributed by atoms with Crippen LogP contribution in [0.1, 0.15) is 0 Å². The van der Waals surface area contributed by atoms with Crippen LogP contribution in [0.2, 0.25) is 0 Å². The van der Waals surface area contributed by atoms with E-state index in [-0.39, 0.29) is 5.91 Å². The summed E-state index contributed by atoms with van der Waals surface area (Å²) in [5.74, 6) is 0.103. The van der Waals surface area contributed by atoms with Crippen LogP contribution in [-0.2, 0) is 11.3 Å². The number of aromatic nitrogens is 1. The van der Waals surface area contributed by atoms with Gasteiger partial charge in [-0.25, -0.2) is 0 Å². The lowest BCUT2D eigenvalue weighted by Crippen LogP contribution is -2.41. The summed E-state index contributed by atoms with van der Waals surface area (Å²) in [5.41, 5.74) is 0. The Morgan fingerprint density at radius 2 is 1.83 bits per heavy atom. The number of hydrogen-bond acceptors (Lipinski definition) is 1. The number of pyridine rings is 1. The van der Waals surface area contributed by atoms with Crippen LogP contribution in [0.4, 0.5) is 0 Å². The maximum atomic E-state index is 11.2. The maximum Gasteiger partial charge on any atom is 0.288 e. The molecule has 3 heteroatoms. The van der Waals surface area contributed by atoms with Gasteiger partial charge >= 0.3 is 0 Å². The number of amides is 1. The number of rotatable bonds is 2. The van der Waals surface area contributed by atoms with Crippen LogP contribution >= 0.6 is 0 Å². The van der Waals surface area contributed by atoms with E-state index in [0.717, 1.165) is 0 Å². The van der Waals surface area contributed by atoms with Crippen LogP contribution < -0.4 is 4.57 Å². The molecule has 0 saturated heterocycles. The molecule has 0 aliphatic rings. The van der Waals surface area contributed by atoms with Crippen molar-refractivity contribution in [3.63, 3.8) is 0 Å². The molecule has 0 spiro atoms. The first-order valence-corrected chi connectivity index (χ1v) is 3.84. The average molecular weight is 165 g/mol. The molecule has 1 rings (SSSR count). The van der Waals surface area contributed by atoms with Gasteiger partial charge in [0.2, 0.25) is 6.54 Å². The van der Waals surface area contributed by atoms with Gasteiger partial charge in [-0.3, -0.25) is 4.79 Å². The van der Waals surface area contributed by atoms with Gasteiger partial charge in [-0.2, -0.15) is 4.57 Å². The monoisotopic (exact) mass is 165 g/mol. The molecule has 0 atom stereocenters. The van der Waals surface area contributed by atoms with E-state index in [1.54, 1.807) is 19.0 Å². The van der Waals surface area contributed by atoms with Gasteiger partial charge in [0, 0.05) is 26.2 Å². The molecule has 0 N–H and O–H groups in total. The minimum absolute atomic E-state index is 0.103. The summed E-state index contributed by atoms with van der Waals surface area (Å²) in [5, 5.41) is 0. The third kappa shape index (κ3) is 2.34. The van der Waals surface area contributed by atoms with E-state index >= 15 is 0 Å². The van der Waals surface area contributed by atoms with Crippen LogP contribution in [0, 0.1) is 0 Å². The number of hydrogen-bond donors (Lipinski definition) is 0. The first-order chi connectivity index (χ1) is 5.70. The van der Waals surface area contributed by atoms with Gasteiger partial charge < -0.3 is 4.90 Å². The van der Waals surface area contributed by atoms with Crippen molar-refractivity contribution in [3.8, 4) is 0 Å². The lowest BCUT2D eigenvalue weighted by Gasteiger charge is -2.06. The summed E-state index contributed by atoms with van der Waals surface area (Å²) in [4.78, 5) is 12.8. The molecule has 0 fully saturated rings. The predicted molar refractivity (Wildman–Crippen MR) is 45.3 cm³/mol. The molecule has 0 bridgehead atoms. The molecule has 3 nitrogen and oxygen atoms in total. The van der Waals surface area contributed by atoms with Gasteiger partial charge in [-0.15, -0.1) is 0 Å². The van der Waals surface area contributed by atoms with Gasteiger partial charge in [-0.1, -0.05) is 6.07 Å². The fraction of sp³-hybridized carbons (Fsp3) is 0.333. The summed E-state index contributed by atoms with van der Waals surface area (Å²) in [6.45, 7) is 0.411. The van der Waals surface area contributed by atoms with E-state index in [0.29, 0.717) is 6.54 Å². The molecule has 12 heavy (non-hydrogen) atoms. The van der Waals surface area contributed by atoms with Crippen LogP contribution in [0.5, 0.6) is 0 Å². The maximum absolute atomic E-state index is 11.2. The Balaban J connectivity index is 2.59. The lowest BCUT2D eigenvalue weighted by atomic mass is 10.4. The van der Waals surface area contributed by atoms with Crippen molar-refractivity contribution in [1.82, 2.24) is 4.90 Å². The minimum Gasteiger partial charge on any atom is -0.343 e. The summed E-state index contributed by atoms with van der Waals surface area (Å²) < 4.78 is 1.85. The first-order valence-electron chi connectivity index (χ1n) is 3.84. The molecule has 64 valence electrons. The highest BCUT2D eigenvalue weighted by Gasteiger charge is 2.09. The highest BCUT2D eigenvalue weighted by Crippen LogP contribution is 1.80. The molecule has 1 aromatic heterocycles. The minimum atomic E-state index is 0.103. The molecular weight excluding hydrogens is 152 g/mol. The number of carbonyl (C=O) groups is 1. The van der Waals surface area contributed by atoms with Crippen LogP contribution in [0.3, 0.4) is 0 Å². The predicted octanol–water partition coefficient (Wildman–Crippen LogP) is 0.0623. The second kappa shape index (κ2) is 3.85. The zero-order chi connectivity index (χ0) is 8.97. The topological polar surface area (TPSA) is 24.2 Å². The summed E-state index contributed by atoms with van der Waals surface area (Å²) in [7, 11) is 3.51. The van der Waals surface area contributed by atoms with E-state index in [9.17, 15) is 4.79 Å². The molecule has 0 unspecified atom stereocenters. The smallest absolute Gasteiger partial charge is 0.288 e. The quantitative estimate of drug-likeness (QED) is 0.569. The molecule has 1 amide bonds. The Labute approximate surface area is 72.2 Å². The summed E-state index contributed by atoms with van der Waals surface area (Å²) >= 11 is 0. The Bertz CT molecular complexity index is 256. The normalized spacial score (nSPS) is 9.50. The van der Waals surface area contributed by atoms with E-state index in [1.807, 2.05) is 35.2 Å². The van der Waals surface area contributed by atoms with Crippen molar-refractivity contribution in [1.29, 1.82) is 0 Å². The molecule has 0 saturated carbocycles. The molecule has 1 aromatic rings. The molecule has 1 heterocycles. The second-order valence-corrected chi connectivity index (χ2v) is 2.84. The number of carbonyl (C=O) groups excluding carboxylic acids is 1. The van der Waals surface area contributed by atoms with Gasteiger partial charge in [-0.05, 0) is 0 Å². The third-order valence-electron chi connectivity index (χ3n) is 1.59. The second-order valence-electron chi connectivity index (χ2n) is 2.84. The number of likely N-dealkylation sites (N-methyl/N-ethyl adjacent to an activating group) is 1. The van der Waals surface area contributed by atoms with Crippen molar-refractivity contribution in [3.05, 3.63) is 30.6 Å². The number of nitrogens with zero attached hydrogens (tertiary/aromatic N) is 2. The van der Waals surface area contributed by atoms with E-state index < -0.39 is 0 Å². The van der Waals surface area contributed by atoms with E-state index in [2.05, 4.69) is 0 Å². The Morgan fingerprint density at radius 1 is 1.25 bits per heavy atom. The Hall–Kier alpha value is -1.38. The van der Waals surface area contributed by atoms with Crippen molar-refractivity contribution in [2.45, 2.75) is 6.54 Å². The zero-order valence-electron chi connectivity index (χ0n) is 7.40. The van der Waals surface area contributed by atoms with Crippen LogP contribution in [-0.4, -0.2) is 24.9 Å². The zero-order valence-corrected chi connectivity index (χ0v) is 7.40. The largest absolute Gasteiger partial charge is 0.343 e. The van der Waals surface area contributed by atoms with E-state index in [4.69, 9.17) is 0 Å². The van der Waals surface area contributed by atoms with E-state index in [1.165, 1.54) is 0 Å². The first kappa shape index (κ1) is 8.71. The van der Waals surface area contributed by atoms with Gasteiger partial charge in [0.1, 0.15) is 0 Å². The fourth-order valence-electron chi connectivity index (χ4n) is 0.837. The van der Waals surface area contributed by atoms with Crippen molar-refractivity contribution < 1.29 is 9.36 Å². The average Bonchev–Trinajstić information content (AvgIpc) is 2.06. The summed E-state index contributed by atoms with van der Waals surface area (Å²) in [6, 6.07) is 5.74. The van der Waals surface area contributed by atoms with Crippen molar-refractivity contribution in [2.24, 2.45) is 0 Å². The third-order valence-corrected chi connectivity index (χ3v) is 1.59. The van der Waals surface area contributed by atoms with Gasteiger partial charge in [0.05, 0.1) is 0 Å². The molecule has 0 aromatic carbocycles. The van der Waals surface area contributed by atoms with Crippen LogP contribution in [0.15, 0.2) is 30.6 Å². The van der Waals surface area contributed by atoms with Gasteiger partial charge in [0.25, 0.3) is 5.91 Å². The molecule has 0 aliphatic heterocycles. The highest BCUT2D eigenvalue weighted by molar-refractivity contribution is 5.73. The highest BCUT2D eigenvalue weighted by atomic mass is 16.2. The fourth-order valence-corrected chi connectivity index (χ4v) is 0.837. The molecule has 0 aliphatic carbocycles. The molecular formula is C9H13N2O+. The van der Waals surface area contributed by atoms with Crippen LogP contribution in [0.25, 0.3) is 0 Å². The summed E-state index contributed by atoms with van der Waals surface area (Å²) in [6.07, 6.45) is 3.75. The Kier molecular flexibility index (Phi) is 2.80. The van der Waals surface area contributed by atoms with Crippen molar-refractivity contribution >= 4 is 5.91 Å². The Morgan fingerprint density at radius 3 is 2.33 bits per heavy atom. The standard InChI is InChI=1S/C9H13N2O/c1-10(2)9(12)8-11-6-4-3-5-7-11/h3-7H,8H2,1-2H3/q+1. The van der Waals surface area contributed by atoms with Gasteiger partial charge in [0.15, 0.2) is 12.4 Å². The van der Waals surface area contributed by atoms with Crippen molar-refractivity contribution in [2.75, 3.05) is 14.1 Å². The lowest BCUT2D eigenvalue weighted by molar-refractivity contribution is -0.685.